The molecule has 0 aliphatic heterocycles. The van der Waals surface area contributed by atoms with Crippen LogP contribution in [0.3, 0.4) is 0 Å². The van der Waals surface area contributed by atoms with E-state index in [1.807, 2.05) is 37.3 Å². The molecule has 1 saturated carbocycles. The standard InChI is InChI=1S/C25H43NO4Si/c1-7-28-24(27)17-21(29-19-20-13-9-8-10-14-20)18-26-22-15-11-12-16-23(22)30-31(5,6)25(2,3)4/h8-10,13-14,21-23,26H,7,11-12,15-19H2,1-6H3/t21-,22-,23-/m1/s1. The third-order valence-electron chi connectivity index (χ3n) is 6.59. The Kier molecular flexibility index (Phi) is 10.2. The summed E-state index contributed by atoms with van der Waals surface area (Å²) < 4.78 is 18.1. The van der Waals surface area contributed by atoms with Gasteiger partial charge in [0.25, 0.3) is 0 Å². The summed E-state index contributed by atoms with van der Waals surface area (Å²) in [5.41, 5.74) is 1.10. The predicted molar refractivity (Wildman–Crippen MR) is 129 cm³/mol. The monoisotopic (exact) mass is 449 g/mol. The Balaban J connectivity index is 1.98. The highest BCUT2D eigenvalue weighted by Crippen LogP contribution is 2.39. The van der Waals surface area contributed by atoms with Crippen molar-refractivity contribution in [2.24, 2.45) is 0 Å². The first-order valence-corrected chi connectivity index (χ1v) is 14.8. The van der Waals surface area contributed by atoms with Gasteiger partial charge in [0.05, 0.1) is 31.8 Å². The maximum absolute atomic E-state index is 12.1. The molecule has 1 aromatic carbocycles. The highest BCUT2D eigenvalue weighted by Gasteiger charge is 2.41. The van der Waals surface area contributed by atoms with Gasteiger partial charge in [-0.3, -0.25) is 4.79 Å². The quantitative estimate of drug-likeness (QED) is 0.360. The van der Waals surface area contributed by atoms with Crippen LogP contribution < -0.4 is 5.32 Å². The van der Waals surface area contributed by atoms with Crippen molar-refractivity contribution in [3.8, 4) is 0 Å². The molecule has 0 aromatic heterocycles. The van der Waals surface area contributed by atoms with Gasteiger partial charge < -0.3 is 19.2 Å². The van der Waals surface area contributed by atoms with Crippen molar-refractivity contribution in [2.45, 2.75) is 103 Å². The van der Waals surface area contributed by atoms with Crippen molar-refractivity contribution in [1.29, 1.82) is 0 Å². The molecule has 1 N–H and O–H groups in total. The fraction of sp³-hybridized carbons (Fsp3) is 0.720. The minimum Gasteiger partial charge on any atom is -0.466 e. The van der Waals surface area contributed by atoms with Gasteiger partial charge in [0, 0.05) is 12.6 Å². The Labute approximate surface area is 190 Å². The summed E-state index contributed by atoms with van der Waals surface area (Å²) in [7, 11) is -1.83. The second-order valence-electron chi connectivity index (χ2n) is 10.1. The summed E-state index contributed by atoms with van der Waals surface area (Å²) in [5, 5.41) is 3.89. The van der Waals surface area contributed by atoms with Crippen molar-refractivity contribution in [3.63, 3.8) is 0 Å². The van der Waals surface area contributed by atoms with Gasteiger partial charge in [-0.25, -0.2) is 0 Å². The lowest BCUT2D eigenvalue weighted by Gasteiger charge is -2.43. The van der Waals surface area contributed by atoms with E-state index in [9.17, 15) is 4.79 Å². The van der Waals surface area contributed by atoms with E-state index in [1.54, 1.807) is 0 Å². The number of hydrogen-bond donors (Lipinski definition) is 1. The van der Waals surface area contributed by atoms with Crippen LogP contribution in [0.25, 0.3) is 0 Å². The minimum absolute atomic E-state index is 0.195. The van der Waals surface area contributed by atoms with Crippen LogP contribution in [0.5, 0.6) is 0 Å². The van der Waals surface area contributed by atoms with Gasteiger partial charge in [-0.2, -0.15) is 0 Å². The van der Waals surface area contributed by atoms with Crippen molar-refractivity contribution in [2.75, 3.05) is 13.2 Å². The maximum atomic E-state index is 12.1. The molecular weight excluding hydrogens is 406 g/mol. The molecule has 0 saturated heterocycles. The number of esters is 1. The van der Waals surface area contributed by atoms with Gasteiger partial charge in [-0.15, -0.1) is 0 Å². The predicted octanol–water partition coefficient (Wildman–Crippen LogP) is 5.45. The summed E-state index contributed by atoms with van der Waals surface area (Å²) >= 11 is 0. The van der Waals surface area contributed by atoms with Crippen LogP contribution in [0.2, 0.25) is 18.1 Å². The highest BCUT2D eigenvalue weighted by atomic mass is 28.4. The smallest absolute Gasteiger partial charge is 0.308 e. The lowest BCUT2D eigenvalue weighted by atomic mass is 9.92. The van der Waals surface area contributed by atoms with Crippen molar-refractivity contribution < 1.29 is 18.7 Å². The van der Waals surface area contributed by atoms with E-state index < -0.39 is 8.32 Å². The molecule has 0 spiro atoms. The Morgan fingerprint density at radius 1 is 1.16 bits per heavy atom. The molecule has 31 heavy (non-hydrogen) atoms. The van der Waals surface area contributed by atoms with Crippen LogP contribution in [0, 0.1) is 0 Å². The van der Waals surface area contributed by atoms with E-state index in [2.05, 4.69) is 39.2 Å². The Morgan fingerprint density at radius 2 is 1.84 bits per heavy atom. The van der Waals surface area contributed by atoms with E-state index in [0.717, 1.165) is 18.4 Å². The Morgan fingerprint density at radius 3 is 2.48 bits per heavy atom. The van der Waals surface area contributed by atoms with Gasteiger partial charge in [-0.05, 0) is 43.5 Å². The largest absolute Gasteiger partial charge is 0.466 e. The topological polar surface area (TPSA) is 56.8 Å². The van der Waals surface area contributed by atoms with Crippen molar-refractivity contribution in [1.82, 2.24) is 5.32 Å². The second-order valence-corrected chi connectivity index (χ2v) is 14.9. The van der Waals surface area contributed by atoms with E-state index in [1.165, 1.54) is 12.8 Å². The first-order valence-electron chi connectivity index (χ1n) is 11.8. The average molecular weight is 450 g/mol. The van der Waals surface area contributed by atoms with Gasteiger partial charge in [-0.1, -0.05) is 63.9 Å². The molecule has 1 aliphatic rings. The highest BCUT2D eigenvalue weighted by molar-refractivity contribution is 6.74. The molecule has 0 bridgehead atoms. The number of carbonyl (C=O) groups excluding carboxylic acids is 1. The summed E-state index contributed by atoms with van der Waals surface area (Å²) in [5.74, 6) is -0.208. The van der Waals surface area contributed by atoms with Crippen LogP contribution >= 0.6 is 0 Å². The summed E-state index contributed by atoms with van der Waals surface area (Å²) in [6.07, 6.45) is 4.88. The molecule has 3 atom stereocenters. The molecule has 6 heteroatoms. The Bertz CT molecular complexity index is 659. The number of benzene rings is 1. The van der Waals surface area contributed by atoms with Gasteiger partial charge in [0.15, 0.2) is 8.32 Å². The van der Waals surface area contributed by atoms with Gasteiger partial charge in [0.1, 0.15) is 0 Å². The second kappa shape index (κ2) is 12.1. The number of carbonyl (C=O) groups is 1. The van der Waals surface area contributed by atoms with E-state index in [4.69, 9.17) is 13.9 Å². The molecule has 5 nitrogen and oxygen atoms in total. The van der Waals surface area contributed by atoms with E-state index in [0.29, 0.717) is 25.8 Å². The maximum Gasteiger partial charge on any atom is 0.308 e. The lowest BCUT2D eigenvalue weighted by molar-refractivity contribution is -0.146. The van der Waals surface area contributed by atoms with Crippen LogP contribution in [0.1, 0.15) is 65.4 Å². The molecule has 0 radical (unpaired) electrons. The molecule has 0 unspecified atom stereocenters. The normalized spacial score (nSPS) is 21.0. The SMILES string of the molecule is CCOC(=O)C[C@H](CN[C@@H]1CCCC[C@H]1O[Si](C)(C)C(C)(C)C)OCc1ccccc1. The molecular formula is C25H43NO4Si. The first kappa shape index (κ1) is 26.0. The molecule has 0 heterocycles. The molecule has 1 aliphatic carbocycles. The summed E-state index contributed by atoms with van der Waals surface area (Å²) in [6, 6.07) is 10.4. The molecule has 1 aromatic rings. The van der Waals surface area contributed by atoms with Gasteiger partial charge in [0.2, 0.25) is 0 Å². The van der Waals surface area contributed by atoms with Crippen molar-refractivity contribution >= 4 is 14.3 Å². The van der Waals surface area contributed by atoms with Crippen LogP contribution in [0.15, 0.2) is 30.3 Å². The minimum atomic E-state index is -1.83. The van der Waals surface area contributed by atoms with E-state index in [-0.39, 0.29) is 29.6 Å². The zero-order valence-corrected chi connectivity index (χ0v) is 21.4. The molecule has 1 fully saturated rings. The molecule has 176 valence electrons. The number of ether oxygens (including phenoxy) is 2. The average Bonchev–Trinajstić information content (AvgIpc) is 2.71. The molecule has 2 rings (SSSR count). The first-order chi connectivity index (χ1) is 14.6. The van der Waals surface area contributed by atoms with Crippen LogP contribution in [-0.2, 0) is 25.3 Å². The lowest BCUT2D eigenvalue weighted by Crippen LogP contribution is -2.53. The van der Waals surface area contributed by atoms with E-state index >= 15 is 0 Å². The molecule has 0 amide bonds. The third kappa shape index (κ3) is 8.68. The summed E-state index contributed by atoms with van der Waals surface area (Å²) in [4.78, 5) is 12.1. The van der Waals surface area contributed by atoms with Crippen LogP contribution in [-0.4, -0.2) is 45.7 Å². The summed E-state index contributed by atoms with van der Waals surface area (Å²) in [6.45, 7) is 14.8. The van der Waals surface area contributed by atoms with Gasteiger partial charge >= 0.3 is 5.97 Å². The number of nitrogens with one attached hydrogen (secondary N) is 1. The zero-order valence-electron chi connectivity index (χ0n) is 20.4. The fourth-order valence-electron chi connectivity index (χ4n) is 3.69. The Hall–Kier alpha value is -1.21. The zero-order chi connectivity index (χ0) is 22.9. The number of hydrogen-bond acceptors (Lipinski definition) is 5. The number of rotatable bonds is 11. The van der Waals surface area contributed by atoms with Crippen molar-refractivity contribution in [3.05, 3.63) is 35.9 Å². The third-order valence-corrected chi connectivity index (χ3v) is 11.1. The van der Waals surface area contributed by atoms with Crippen LogP contribution in [0.4, 0.5) is 0 Å². The fourth-order valence-corrected chi connectivity index (χ4v) is 5.09.